The van der Waals surface area contributed by atoms with Gasteiger partial charge in [0.2, 0.25) is 5.91 Å². The van der Waals surface area contributed by atoms with Crippen LogP contribution in [-0.2, 0) is 11.2 Å². The molecule has 0 aliphatic carbocycles. The topological polar surface area (TPSA) is 86.7 Å². The molecule has 28 heavy (non-hydrogen) atoms. The molecule has 2 amide bonds. The summed E-state index contributed by atoms with van der Waals surface area (Å²) < 4.78 is 0. The van der Waals surface area contributed by atoms with Crippen LogP contribution < -0.4 is 5.32 Å². The Labute approximate surface area is 164 Å². The number of nitrogens with one attached hydrogen (secondary N) is 1. The minimum atomic E-state index is -1.04. The van der Waals surface area contributed by atoms with Gasteiger partial charge in [0.25, 0.3) is 5.91 Å². The molecule has 2 aromatic rings. The predicted molar refractivity (Wildman–Crippen MR) is 105 cm³/mol. The van der Waals surface area contributed by atoms with Gasteiger partial charge in [0.15, 0.2) is 0 Å². The highest BCUT2D eigenvalue weighted by atomic mass is 16.4. The number of carbonyl (C=O) groups is 3. The van der Waals surface area contributed by atoms with Crippen molar-refractivity contribution in [1.29, 1.82) is 0 Å². The number of hydrogen-bond acceptors (Lipinski definition) is 3. The minimum absolute atomic E-state index is 0.0527. The van der Waals surface area contributed by atoms with E-state index in [2.05, 4.69) is 17.4 Å². The van der Waals surface area contributed by atoms with Crippen LogP contribution in [0.5, 0.6) is 0 Å². The molecule has 146 valence electrons. The van der Waals surface area contributed by atoms with E-state index in [4.69, 9.17) is 5.11 Å². The smallest absolute Gasteiger partial charge is 0.335 e. The van der Waals surface area contributed by atoms with Crippen molar-refractivity contribution in [3.63, 3.8) is 0 Å². The van der Waals surface area contributed by atoms with Crippen LogP contribution in [0.15, 0.2) is 54.6 Å². The fraction of sp³-hybridized carbons (Fsp3) is 0.318. The number of rotatable bonds is 6. The van der Waals surface area contributed by atoms with E-state index >= 15 is 0 Å². The second-order valence-electron chi connectivity index (χ2n) is 7.08. The molecule has 2 aromatic carbocycles. The molecule has 6 heteroatoms. The normalized spacial score (nSPS) is 14.5. The van der Waals surface area contributed by atoms with Gasteiger partial charge < -0.3 is 15.3 Å². The van der Waals surface area contributed by atoms with Crippen LogP contribution in [0.2, 0.25) is 0 Å². The molecule has 0 saturated carbocycles. The summed E-state index contributed by atoms with van der Waals surface area (Å²) in [6.07, 6.45) is 2.96. The molecule has 1 aliphatic rings. The lowest BCUT2D eigenvalue weighted by molar-refractivity contribution is -0.131. The van der Waals surface area contributed by atoms with Gasteiger partial charge in [-0.1, -0.05) is 30.3 Å². The van der Waals surface area contributed by atoms with Crippen LogP contribution in [-0.4, -0.2) is 47.4 Å². The predicted octanol–water partition coefficient (Wildman–Crippen LogP) is 2.60. The third-order valence-corrected chi connectivity index (χ3v) is 5.13. The highest BCUT2D eigenvalue weighted by Gasteiger charge is 2.23. The van der Waals surface area contributed by atoms with E-state index < -0.39 is 5.97 Å². The standard InChI is InChI=1S/C22H24N2O4/c25-20(15-23-21(26)18-6-8-19(9-7-18)22(27)28)24-12-10-17(11-13-24)14-16-4-2-1-3-5-16/h1-9,17H,10-15H2,(H,23,26)(H,27,28). The van der Waals surface area contributed by atoms with Gasteiger partial charge in [0.1, 0.15) is 0 Å². The zero-order valence-electron chi connectivity index (χ0n) is 15.6. The number of carboxylic acids is 1. The van der Waals surface area contributed by atoms with Crippen LogP contribution in [0.4, 0.5) is 0 Å². The van der Waals surface area contributed by atoms with Crippen molar-refractivity contribution in [2.45, 2.75) is 19.3 Å². The Morgan fingerprint density at radius 3 is 2.14 bits per heavy atom. The summed E-state index contributed by atoms with van der Waals surface area (Å²) in [6.45, 7) is 1.36. The number of hydrogen-bond donors (Lipinski definition) is 2. The minimum Gasteiger partial charge on any atom is -0.478 e. The lowest BCUT2D eigenvalue weighted by atomic mass is 9.90. The Hall–Kier alpha value is -3.15. The summed E-state index contributed by atoms with van der Waals surface area (Å²) in [5, 5.41) is 11.5. The number of amides is 2. The molecule has 2 N–H and O–H groups in total. The van der Waals surface area contributed by atoms with Crippen LogP contribution in [0.1, 0.15) is 39.1 Å². The van der Waals surface area contributed by atoms with Crippen molar-refractivity contribution in [2.75, 3.05) is 19.6 Å². The first-order chi connectivity index (χ1) is 13.5. The van der Waals surface area contributed by atoms with Gasteiger partial charge in [-0.15, -0.1) is 0 Å². The molecule has 6 nitrogen and oxygen atoms in total. The number of carbonyl (C=O) groups excluding carboxylic acids is 2. The molecule has 0 radical (unpaired) electrons. The van der Waals surface area contributed by atoms with Crippen molar-refractivity contribution in [3.8, 4) is 0 Å². The van der Waals surface area contributed by atoms with Gasteiger partial charge in [-0.3, -0.25) is 9.59 Å². The van der Waals surface area contributed by atoms with Crippen LogP contribution in [0.3, 0.4) is 0 Å². The van der Waals surface area contributed by atoms with Gasteiger partial charge in [-0.2, -0.15) is 0 Å². The maximum absolute atomic E-state index is 12.4. The molecule has 1 fully saturated rings. The van der Waals surface area contributed by atoms with Crippen molar-refractivity contribution in [2.24, 2.45) is 5.92 Å². The fourth-order valence-electron chi connectivity index (χ4n) is 3.47. The number of likely N-dealkylation sites (tertiary alicyclic amines) is 1. The van der Waals surface area contributed by atoms with Crippen LogP contribution in [0.25, 0.3) is 0 Å². The summed E-state index contributed by atoms with van der Waals surface area (Å²) in [7, 11) is 0. The maximum Gasteiger partial charge on any atom is 0.335 e. The molecular formula is C22H24N2O4. The number of nitrogens with zero attached hydrogens (tertiary/aromatic N) is 1. The van der Waals surface area contributed by atoms with Crippen molar-refractivity contribution < 1.29 is 19.5 Å². The first kappa shape index (κ1) is 19.6. The molecular weight excluding hydrogens is 356 g/mol. The average Bonchev–Trinajstić information content (AvgIpc) is 2.73. The largest absolute Gasteiger partial charge is 0.478 e. The van der Waals surface area contributed by atoms with Crippen LogP contribution >= 0.6 is 0 Å². The van der Waals surface area contributed by atoms with Crippen molar-refractivity contribution in [1.82, 2.24) is 10.2 Å². The monoisotopic (exact) mass is 380 g/mol. The van der Waals surface area contributed by atoms with Gasteiger partial charge in [0, 0.05) is 18.7 Å². The molecule has 1 saturated heterocycles. The number of aromatic carboxylic acids is 1. The molecule has 0 atom stereocenters. The zero-order valence-corrected chi connectivity index (χ0v) is 15.6. The number of carboxylic acid groups (broad SMARTS) is 1. The van der Waals surface area contributed by atoms with Crippen molar-refractivity contribution in [3.05, 3.63) is 71.3 Å². The zero-order chi connectivity index (χ0) is 19.9. The first-order valence-corrected chi connectivity index (χ1v) is 9.46. The Balaban J connectivity index is 1.43. The number of piperidine rings is 1. The van der Waals surface area contributed by atoms with E-state index in [1.165, 1.54) is 29.8 Å². The summed E-state index contributed by atoms with van der Waals surface area (Å²) in [5.74, 6) is -0.940. The van der Waals surface area contributed by atoms with Crippen LogP contribution in [0, 0.1) is 5.92 Å². The van der Waals surface area contributed by atoms with Gasteiger partial charge in [-0.05, 0) is 55.0 Å². The van der Waals surface area contributed by atoms with E-state index in [0.717, 1.165) is 19.3 Å². The Morgan fingerprint density at radius 2 is 1.54 bits per heavy atom. The lowest BCUT2D eigenvalue weighted by Gasteiger charge is -2.32. The molecule has 3 rings (SSSR count). The quantitative estimate of drug-likeness (QED) is 0.806. The van der Waals surface area contributed by atoms with Gasteiger partial charge in [0.05, 0.1) is 12.1 Å². The summed E-state index contributed by atoms with van der Waals surface area (Å²) >= 11 is 0. The number of benzene rings is 2. The summed E-state index contributed by atoms with van der Waals surface area (Å²) in [4.78, 5) is 37.2. The molecule has 1 heterocycles. The second-order valence-corrected chi connectivity index (χ2v) is 7.08. The third-order valence-electron chi connectivity index (χ3n) is 5.13. The Kier molecular flexibility index (Phi) is 6.42. The highest BCUT2D eigenvalue weighted by Crippen LogP contribution is 2.21. The van der Waals surface area contributed by atoms with E-state index in [-0.39, 0.29) is 23.9 Å². The second kappa shape index (κ2) is 9.17. The van der Waals surface area contributed by atoms with E-state index in [1.807, 2.05) is 18.2 Å². The van der Waals surface area contributed by atoms with Gasteiger partial charge in [-0.25, -0.2) is 4.79 Å². The van der Waals surface area contributed by atoms with E-state index in [9.17, 15) is 14.4 Å². The summed E-state index contributed by atoms with van der Waals surface area (Å²) in [5.41, 5.74) is 1.78. The SMILES string of the molecule is O=C(O)c1ccc(C(=O)NCC(=O)N2CCC(Cc3ccccc3)CC2)cc1. The summed E-state index contributed by atoms with van der Waals surface area (Å²) in [6, 6.07) is 16.0. The Bertz CT molecular complexity index is 825. The fourth-order valence-corrected chi connectivity index (χ4v) is 3.47. The molecule has 0 bridgehead atoms. The van der Waals surface area contributed by atoms with E-state index in [0.29, 0.717) is 24.6 Å². The molecule has 0 spiro atoms. The molecule has 0 aromatic heterocycles. The maximum atomic E-state index is 12.4. The first-order valence-electron chi connectivity index (χ1n) is 9.46. The Morgan fingerprint density at radius 1 is 0.929 bits per heavy atom. The van der Waals surface area contributed by atoms with E-state index in [1.54, 1.807) is 4.90 Å². The van der Waals surface area contributed by atoms with Gasteiger partial charge >= 0.3 is 5.97 Å². The lowest BCUT2D eigenvalue weighted by Crippen LogP contribution is -2.44. The molecule has 1 aliphatic heterocycles. The molecule has 0 unspecified atom stereocenters. The highest BCUT2D eigenvalue weighted by molar-refractivity contribution is 5.97. The third kappa shape index (κ3) is 5.19. The average molecular weight is 380 g/mol. The van der Waals surface area contributed by atoms with Crippen molar-refractivity contribution >= 4 is 17.8 Å².